The van der Waals surface area contributed by atoms with Crippen LogP contribution in [0.2, 0.25) is 0 Å². The van der Waals surface area contributed by atoms with Crippen molar-refractivity contribution in [2.45, 2.75) is 6.42 Å². The lowest BCUT2D eigenvalue weighted by molar-refractivity contribution is -0.115. The minimum atomic E-state index is -0.0447. The first-order valence-corrected chi connectivity index (χ1v) is 8.74. The second-order valence-electron chi connectivity index (χ2n) is 5.89. The molecular weight excluding hydrogens is 340 g/mol. The van der Waals surface area contributed by atoms with Crippen molar-refractivity contribution in [2.24, 2.45) is 0 Å². The number of ether oxygens (including phenoxy) is 2. The minimum Gasteiger partial charge on any atom is -0.497 e. The van der Waals surface area contributed by atoms with Gasteiger partial charge in [-0.05, 0) is 60.7 Å². The maximum Gasteiger partial charge on any atom is 0.226 e. The number of hydrogen-bond donors (Lipinski definition) is 2. The zero-order chi connectivity index (χ0) is 18.9. The number of carbonyl (C=O) groups is 1. The van der Waals surface area contributed by atoms with Gasteiger partial charge in [0, 0.05) is 24.3 Å². The average molecular weight is 362 g/mol. The second-order valence-corrected chi connectivity index (χ2v) is 5.89. The summed E-state index contributed by atoms with van der Waals surface area (Å²) in [7, 11) is 1.61. The summed E-state index contributed by atoms with van der Waals surface area (Å²) in [4.78, 5) is 12.0. The Labute approximate surface area is 158 Å². The molecule has 0 fully saturated rings. The van der Waals surface area contributed by atoms with Crippen LogP contribution in [-0.4, -0.2) is 19.6 Å². The van der Waals surface area contributed by atoms with Gasteiger partial charge in [0.25, 0.3) is 0 Å². The number of nitrogens with one attached hydrogen (secondary N) is 2. The van der Waals surface area contributed by atoms with Gasteiger partial charge in [-0.15, -0.1) is 0 Å². The normalized spacial score (nSPS) is 10.1. The van der Waals surface area contributed by atoms with Crippen molar-refractivity contribution in [1.29, 1.82) is 0 Å². The van der Waals surface area contributed by atoms with E-state index in [-0.39, 0.29) is 5.91 Å². The molecule has 0 aliphatic heterocycles. The highest BCUT2D eigenvalue weighted by Gasteiger charge is 2.03. The summed E-state index contributed by atoms with van der Waals surface area (Å²) in [5, 5.41) is 6.10. The predicted molar refractivity (Wildman–Crippen MR) is 108 cm³/mol. The lowest BCUT2D eigenvalue weighted by Gasteiger charge is -2.09. The smallest absolute Gasteiger partial charge is 0.226 e. The number of anilines is 2. The largest absolute Gasteiger partial charge is 0.497 e. The van der Waals surface area contributed by atoms with E-state index in [0.717, 1.165) is 28.6 Å². The summed E-state index contributed by atoms with van der Waals surface area (Å²) >= 11 is 0. The summed E-state index contributed by atoms with van der Waals surface area (Å²) in [6.07, 6.45) is 0.369. The zero-order valence-electron chi connectivity index (χ0n) is 15.1. The number of amides is 1. The molecule has 0 spiro atoms. The monoisotopic (exact) mass is 362 g/mol. The van der Waals surface area contributed by atoms with Crippen LogP contribution in [-0.2, 0) is 4.79 Å². The Balaban J connectivity index is 1.42. The van der Waals surface area contributed by atoms with Gasteiger partial charge in [-0.2, -0.15) is 0 Å². The van der Waals surface area contributed by atoms with Crippen LogP contribution >= 0.6 is 0 Å². The van der Waals surface area contributed by atoms with Gasteiger partial charge >= 0.3 is 0 Å². The molecule has 5 nitrogen and oxygen atoms in total. The molecule has 0 aliphatic rings. The Morgan fingerprint density at radius 1 is 0.778 bits per heavy atom. The van der Waals surface area contributed by atoms with Crippen LogP contribution in [0.5, 0.6) is 17.2 Å². The maximum atomic E-state index is 12.0. The molecule has 5 heteroatoms. The molecule has 0 atom stereocenters. The van der Waals surface area contributed by atoms with Crippen molar-refractivity contribution in [3.63, 3.8) is 0 Å². The number of hydrogen-bond acceptors (Lipinski definition) is 4. The van der Waals surface area contributed by atoms with Crippen LogP contribution in [0.4, 0.5) is 11.4 Å². The molecule has 138 valence electrons. The van der Waals surface area contributed by atoms with Crippen LogP contribution < -0.4 is 20.1 Å². The van der Waals surface area contributed by atoms with Crippen molar-refractivity contribution in [3.8, 4) is 17.2 Å². The van der Waals surface area contributed by atoms with Gasteiger partial charge in [0.1, 0.15) is 17.2 Å². The zero-order valence-corrected chi connectivity index (χ0v) is 15.1. The van der Waals surface area contributed by atoms with Crippen LogP contribution in [0, 0.1) is 0 Å². The standard InChI is InChI=1S/C22H22N2O3/c1-26-19-11-9-18(10-12-19)24-22(25)15-16-23-17-7-13-21(14-8-17)27-20-5-3-2-4-6-20/h2-14,23H,15-16H2,1H3,(H,24,25). The molecule has 2 N–H and O–H groups in total. The molecule has 0 bridgehead atoms. The molecule has 3 aromatic rings. The first-order chi connectivity index (χ1) is 13.2. The highest BCUT2D eigenvalue weighted by Crippen LogP contribution is 2.22. The highest BCUT2D eigenvalue weighted by atomic mass is 16.5. The van der Waals surface area contributed by atoms with Gasteiger partial charge < -0.3 is 20.1 Å². The van der Waals surface area contributed by atoms with E-state index in [1.54, 1.807) is 7.11 Å². The minimum absolute atomic E-state index is 0.0447. The van der Waals surface area contributed by atoms with Gasteiger partial charge in [0.05, 0.1) is 7.11 Å². The second kappa shape index (κ2) is 9.29. The molecule has 0 heterocycles. The quantitative estimate of drug-likeness (QED) is 0.597. The summed E-state index contributed by atoms with van der Waals surface area (Å²) in [6.45, 7) is 0.543. The molecule has 27 heavy (non-hydrogen) atoms. The van der Waals surface area contributed by atoms with E-state index in [0.29, 0.717) is 13.0 Å². The summed E-state index contributed by atoms with van der Waals surface area (Å²) in [5.41, 5.74) is 1.69. The third kappa shape index (κ3) is 5.78. The fraction of sp³-hybridized carbons (Fsp3) is 0.136. The Morgan fingerprint density at radius 2 is 1.37 bits per heavy atom. The van der Waals surface area contributed by atoms with Crippen molar-refractivity contribution in [2.75, 3.05) is 24.3 Å². The molecule has 0 radical (unpaired) electrons. The molecule has 3 rings (SSSR count). The molecule has 0 aromatic heterocycles. The van der Waals surface area contributed by atoms with E-state index >= 15 is 0 Å². The third-order valence-electron chi connectivity index (χ3n) is 3.89. The van der Waals surface area contributed by atoms with Crippen molar-refractivity contribution in [1.82, 2.24) is 0 Å². The third-order valence-corrected chi connectivity index (χ3v) is 3.89. The first kappa shape index (κ1) is 18.3. The fourth-order valence-electron chi connectivity index (χ4n) is 2.48. The topological polar surface area (TPSA) is 59.6 Å². The van der Waals surface area contributed by atoms with E-state index in [9.17, 15) is 4.79 Å². The van der Waals surface area contributed by atoms with Crippen molar-refractivity contribution >= 4 is 17.3 Å². The van der Waals surface area contributed by atoms with Gasteiger partial charge in [0.2, 0.25) is 5.91 Å². The van der Waals surface area contributed by atoms with E-state index in [1.807, 2.05) is 78.9 Å². The van der Waals surface area contributed by atoms with E-state index in [4.69, 9.17) is 9.47 Å². The summed E-state index contributed by atoms with van der Waals surface area (Å²) in [5.74, 6) is 2.28. The number of carbonyl (C=O) groups excluding carboxylic acids is 1. The van der Waals surface area contributed by atoms with E-state index in [1.165, 1.54) is 0 Å². The lowest BCUT2D eigenvalue weighted by Crippen LogP contribution is -2.16. The SMILES string of the molecule is COc1ccc(NC(=O)CCNc2ccc(Oc3ccccc3)cc2)cc1. The Bertz CT molecular complexity index is 847. The Kier molecular flexibility index (Phi) is 6.30. The van der Waals surface area contributed by atoms with Crippen LogP contribution in [0.1, 0.15) is 6.42 Å². The summed E-state index contributed by atoms with van der Waals surface area (Å²) < 4.78 is 10.9. The first-order valence-electron chi connectivity index (χ1n) is 8.74. The van der Waals surface area contributed by atoms with Gasteiger partial charge in [-0.1, -0.05) is 18.2 Å². The number of methoxy groups -OCH3 is 1. The van der Waals surface area contributed by atoms with Crippen molar-refractivity contribution < 1.29 is 14.3 Å². The predicted octanol–water partition coefficient (Wildman–Crippen LogP) is 4.93. The number of para-hydroxylation sites is 1. The average Bonchev–Trinajstić information content (AvgIpc) is 2.71. The molecule has 0 unspecified atom stereocenters. The molecule has 0 aliphatic carbocycles. The van der Waals surface area contributed by atoms with Crippen LogP contribution in [0.15, 0.2) is 78.9 Å². The molecule has 0 saturated heterocycles. The lowest BCUT2D eigenvalue weighted by atomic mass is 10.2. The van der Waals surface area contributed by atoms with Gasteiger partial charge in [-0.25, -0.2) is 0 Å². The molecule has 3 aromatic carbocycles. The molecular formula is C22H22N2O3. The Morgan fingerprint density at radius 3 is 2.04 bits per heavy atom. The number of benzene rings is 3. The summed E-state index contributed by atoms with van der Waals surface area (Å²) in [6, 6.07) is 24.5. The van der Waals surface area contributed by atoms with Crippen LogP contribution in [0.3, 0.4) is 0 Å². The highest BCUT2D eigenvalue weighted by molar-refractivity contribution is 5.91. The van der Waals surface area contributed by atoms with Crippen molar-refractivity contribution in [3.05, 3.63) is 78.9 Å². The number of rotatable bonds is 8. The fourth-order valence-corrected chi connectivity index (χ4v) is 2.48. The van der Waals surface area contributed by atoms with Gasteiger partial charge in [-0.3, -0.25) is 4.79 Å². The van der Waals surface area contributed by atoms with Gasteiger partial charge in [0.15, 0.2) is 0 Å². The van der Waals surface area contributed by atoms with E-state index in [2.05, 4.69) is 10.6 Å². The Hall–Kier alpha value is -3.47. The maximum absolute atomic E-state index is 12.0. The van der Waals surface area contributed by atoms with Crippen LogP contribution in [0.25, 0.3) is 0 Å². The molecule has 0 saturated carbocycles. The van der Waals surface area contributed by atoms with E-state index < -0.39 is 0 Å². The molecule has 1 amide bonds.